The second-order valence-corrected chi connectivity index (χ2v) is 9.88. The first-order valence-electron chi connectivity index (χ1n) is 12.5. The maximum atomic E-state index is 13.9. The normalized spacial score (nSPS) is 19.4. The summed E-state index contributed by atoms with van der Waals surface area (Å²) in [5.74, 6) is 0.207. The largest absolute Gasteiger partial charge is 0.508 e. The number of carbonyl (C=O) groups excluding carboxylic acids is 1. The Balaban J connectivity index is 1.67. The Hall–Kier alpha value is -3.19. The Morgan fingerprint density at radius 3 is 2.33 bits per heavy atom. The van der Waals surface area contributed by atoms with Gasteiger partial charge in [0.25, 0.3) is 5.91 Å². The van der Waals surface area contributed by atoms with Crippen molar-refractivity contribution < 1.29 is 19.7 Å². The number of aliphatic hydroxyl groups excluding tert-OH is 1. The van der Waals surface area contributed by atoms with Gasteiger partial charge in [-0.3, -0.25) is 9.69 Å². The fourth-order valence-electron chi connectivity index (χ4n) is 4.84. The standard InChI is InChI=1S/C30H36N2O4/c1-21-16-32(22(2)19-33)30(35)28-11-7-6-10-27(28)26-9-5-4-8-24(26)20-36-29(21)18-31(3)17-23-12-14-25(34)15-13-23/h4-15,21-22,29,33-34H,16-20H2,1-3H3/t21-,22-,29-/m1/s1. The van der Waals surface area contributed by atoms with E-state index in [2.05, 4.69) is 24.9 Å². The highest BCUT2D eigenvalue weighted by atomic mass is 16.5. The third kappa shape index (κ3) is 5.95. The van der Waals surface area contributed by atoms with Crippen LogP contribution in [0.1, 0.15) is 35.3 Å². The van der Waals surface area contributed by atoms with Crippen molar-refractivity contribution in [3.05, 3.63) is 89.5 Å². The molecule has 3 aromatic rings. The van der Waals surface area contributed by atoms with E-state index in [1.165, 1.54) is 0 Å². The number of hydrogen-bond donors (Lipinski definition) is 2. The van der Waals surface area contributed by atoms with Crippen LogP contribution in [-0.2, 0) is 17.9 Å². The van der Waals surface area contributed by atoms with E-state index < -0.39 is 0 Å². The topological polar surface area (TPSA) is 73.2 Å². The molecule has 0 saturated carbocycles. The number of ether oxygens (including phenoxy) is 1. The molecular weight excluding hydrogens is 452 g/mol. The lowest BCUT2D eigenvalue weighted by Gasteiger charge is -2.35. The highest BCUT2D eigenvalue weighted by molar-refractivity contribution is 6.01. The van der Waals surface area contributed by atoms with Gasteiger partial charge in [-0.2, -0.15) is 0 Å². The molecule has 0 aliphatic carbocycles. The molecule has 6 nitrogen and oxygen atoms in total. The molecule has 0 saturated heterocycles. The second kappa shape index (κ2) is 11.7. The van der Waals surface area contributed by atoms with Crippen LogP contribution in [0.25, 0.3) is 11.1 Å². The molecule has 4 rings (SSSR count). The predicted octanol–water partition coefficient (Wildman–Crippen LogP) is 4.55. The summed E-state index contributed by atoms with van der Waals surface area (Å²) in [5.41, 5.74) is 4.66. The Morgan fingerprint density at radius 1 is 1.00 bits per heavy atom. The van der Waals surface area contributed by atoms with Crippen LogP contribution < -0.4 is 0 Å². The molecule has 3 atom stereocenters. The van der Waals surface area contributed by atoms with E-state index in [1.807, 2.05) is 61.5 Å². The van der Waals surface area contributed by atoms with E-state index in [9.17, 15) is 15.0 Å². The fraction of sp³-hybridized carbons (Fsp3) is 0.367. The third-order valence-corrected chi connectivity index (χ3v) is 6.97. The van der Waals surface area contributed by atoms with Crippen molar-refractivity contribution in [1.29, 1.82) is 0 Å². The molecule has 0 fully saturated rings. The fourth-order valence-corrected chi connectivity index (χ4v) is 4.84. The number of phenols is 1. The van der Waals surface area contributed by atoms with E-state index in [-0.39, 0.29) is 36.3 Å². The number of rotatable bonds is 6. The molecule has 1 heterocycles. The summed E-state index contributed by atoms with van der Waals surface area (Å²) in [6.07, 6.45) is -0.137. The van der Waals surface area contributed by atoms with Gasteiger partial charge in [-0.1, -0.05) is 61.5 Å². The van der Waals surface area contributed by atoms with Gasteiger partial charge < -0.3 is 19.8 Å². The molecule has 0 aromatic heterocycles. The Morgan fingerprint density at radius 2 is 1.64 bits per heavy atom. The van der Waals surface area contributed by atoms with Gasteiger partial charge in [-0.25, -0.2) is 0 Å². The molecule has 36 heavy (non-hydrogen) atoms. The van der Waals surface area contributed by atoms with Gasteiger partial charge in [0.2, 0.25) is 0 Å². The quantitative estimate of drug-likeness (QED) is 0.533. The average Bonchev–Trinajstić information content (AvgIpc) is 2.91. The molecule has 190 valence electrons. The van der Waals surface area contributed by atoms with E-state index in [4.69, 9.17) is 4.74 Å². The highest BCUT2D eigenvalue weighted by Gasteiger charge is 2.30. The second-order valence-electron chi connectivity index (χ2n) is 9.88. The minimum atomic E-state index is -0.320. The van der Waals surface area contributed by atoms with E-state index in [1.54, 1.807) is 17.0 Å². The molecule has 6 heteroatoms. The number of aliphatic hydroxyl groups is 1. The summed E-state index contributed by atoms with van der Waals surface area (Å²) >= 11 is 0. The molecule has 0 spiro atoms. The SMILES string of the molecule is C[C@@H]1CN([C@H](C)CO)C(=O)c2ccccc2-c2ccccc2CO[C@@H]1CN(C)Cc1ccc(O)cc1. The average molecular weight is 489 g/mol. The maximum absolute atomic E-state index is 13.9. The molecule has 0 bridgehead atoms. The van der Waals surface area contributed by atoms with Crippen LogP contribution in [-0.4, -0.2) is 64.8 Å². The van der Waals surface area contributed by atoms with Crippen molar-refractivity contribution >= 4 is 5.91 Å². The molecule has 0 radical (unpaired) electrons. The molecule has 1 amide bonds. The lowest BCUT2D eigenvalue weighted by atomic mass is 9.94. The molecule has 1 aliphatic heterocycles. The van der Waals surface area contributed by atoms with E-state index >= 15 is 0 Å². The number of fused-ring (bicyclic) bond motifs is 3. The number of nitrogens with zero attached hydrogens (tertiary/aromatic N) is 2. The summed E-state index contributed by atoms with van der Waals surface area (Å²) in [5, 5.41) is 19.6. The molecule has 2 N–H and O–H groups in total. The number of benzene rings is 3. The maximum Gasteiger partial charge on any atom is 0.254 e. The van der Waals surface area contributed by atoms with E-state index in [0.717, 1.165) is 22.3 Å². The smallest absolute Gasteiger partial charge is 0.254 e. The van der Waals surface area contributed by atoms with Crippen LogP contribution in [0.3, 0.4) is 0 Å². The predicted molar refractivity (Wildman–Crippen MR) is 142 cm³/mol. The van der Waals surface area contributed by atoms with Crippen LogP contribution in [0, 0.1) is 5.92 Å². The van der Waals surface area contributed by atoms with Gasteiger partial charge in [-0.05, 0) is 54.4 Å². The highest BCUT2D eigenvalue weighted by Crippen LogP contribution is 2.31. The van der Waals surface area contributed by atoms with Crippen molar-refractivity contribution in [1.82, 2.24) is 9.80 Å². The number of carbonyl (C=O) groups is 1. The zero-order valence-electron chi connectivity index (χ0n) is 21.3. The number of hydrogen-bond acceptors (Lipinski definition) is 5. The zero-order chi connectivity index (χ0) is 25.7. The molecule has 0 unspecified atom stereocenters. The van der Waals surface area contributed by atoms with Crippen LogP contribution >= 0.6 is 0 Å². The first-order chi connectivity index (χ1) is 17.4. The van der Waals surface area contributed by atoms with Crippen LogP contribution in [0.5, 0.6) is 5.75 Å². The van der Waals surface area contributed by atoms with E-state index in [0.29, 0.717) is 31.8 Å². The zero-order valence-corrected chi connectivity index (χ0v) is 21.3. The van der Waals surface area contributed by atoms with Crippen molar-refractivity contribution in [3.63, 3.8) is 0 Å². The van der Waals surface area contributed by atoms with Gasteiger partial charge in [0, 0.05) is 31.1 Å². The van der Waals surface area contributed by atoms with Gasteiger partial charge in [0.05, 0.1) is 25.4 Å². The van der Waals surface area contributed by atoms with Crippen LogP contribution in [0.2, 0.25) is 0 Å². The first-order valence-corrected chi connectivity index (χ1v) is 12.5. The summed E-state index contributed by atoms with van der Waals surface area (Å²) < 4.78 is 6.57. The molecule has 3 aromatic carbocycles. The number of likely N-dealkylation sites (N-methyl/N-ethyl adjacent to an activating group) is 1. The minimum absolute atomic E-state index is 0.0302. The Kier molecular flexibility index (Phi) is 8.41. The van der Waals surface area contributed by atoms with Crippen LogP contribution in [0.15, 0.2) is 72.8 Å². The van der Waals surface area contributed by atoms with Crippen molar-refractivity contribution in [3.8, 4) is 16.9 Å². The van der Waals surface area contributed by atoms with Gasteiger partial charge in [0.1, 0.15) is 5.75 Å². The third-order valence-electron chi connectivity index (χ3n) is 6.97. The number of amides is 1. The summed E-state index contributed by atoms with van der Waals surface area (Å²) in [6.45, 7) is 6.19. The van der Waals surface area contributed by atoms with Gasteiger partial charge in [0.15, 0.2) is 0 Å². The van der Waals surface area contributed by atoms with Gasteiger partial charge in [-0.15, -0.1) is 0 Å². The Bertz CT molecular complexity index is 1160. The summed E-state index contributed by atoms with van der Waals surface area (Å²) in [7, 11) is 2.05. The van der Waals surface area contributed by atoms with Gasteiger partial charge >= 0.3 is 0 Å². The minimum Gasteiger partial charge on any atom is -0.508 e. The number of phenolic OH excluding ortho intramolecular Hbond substituents is 1. The lowest BCUT2D eigenvalue weighted by molar-refractivity contribution is -0.0241. The summed E-state index contributed by atoms with van der Waals surface area (Å²) in [6, 6.07) is 22.7. The molecule has 1 aliphatic rings. The van der Waals surface area contributed by atoms with Crippen molar-refractivity contribution in [2.24, 2.45) is 5.92 Å². The Labute approximate surface area is 213 Å². The molecular formula is C30H36N2O4. The number of aromatic hydroxyl groups is 1. The first kappa shape index (κ1) is 25.9. The lowest BCUT2D eigenvalue weighted by Crippen LogP contribution is -2.47. The van der Waals surface area contributed by atoms with Crippen molar-refractivity contribution in [2.75, 3.05) is 26.7 Å². The summed E-state index contributed by atoms with van der Waals surface area (Å²) in [4.78, 5) is 17.9. The van der Waals surface area contributed by atoms with Crippen LogP contribution in [0.4, 0.5) is 0 Å². The van der Waals surface area contributed by atoms with Crippen molar-refractivity contribution in [2.45, 2.75) is 39.1 Å². The monoisotopic (exact) mass is 488 g/mol.